The van der Waals surface area contributed by atoms with E-state index in [4.69, 9.17) is 9.97 Å². The zero-order valence-electron chi connectivity index (χ0n) is 17.8. The molecule has 5 nitrogen and oxygen atoms in total. The van der Waals surface area contributed by atoms with Crippen LogP contribution < -0.4 is 10.2 Å². The van der Waals surface area contributed by atoms with Crippen LogP contribution >= 0.6 is 0 Å². The lowest BCUT2D eigenvalue weighted by molar-refractivity contribution is -0.121. The first kappa shape index (κ1) is 20.3. The van der Waals surface area contributed by atoms with Gasteiger partial charge in [-0.2, -0.15) is 0 Å². The number of anilines is 1. The predicted octanol–water partition coefficient (Wildman–Crippen LogP) is 4.99. The van der Waals surface area contributed by atoms with E-state index in [2.05, 4.69) is 29.3 Å². The maximum absolute atomic E-state index is 12.6. The third-order valence-electron chi connectivity index (χ3n) is 5.62. The quantitative estimate of drug-likeness (QED) is 0.548. The van der Waals surface area contributed by atoms with Crippen molar-refractivity contribution in [2.24, 2.45) is 0 Å². The van der Waals surface area contributed by atoms with Gasteiger partial charge in [-0.1, -0.05) is 49.4 Å². The zero-order chi connectivity index (χ0) is 20.9. The highest BCUT2D eigenvalue weighted by atomic mass is 16.1. The summed E-state index contributed by atoms with van der Waals surface area (Å²) in [6.07, 6.45) is 3.78. The summed E-state index contributed by atoms with van der Waals surface area (Å²) in [7, 11) is 0. The van der Waals surface area contributed by atoms with E-state index in [1.54, 1.807) is 0 Å². The summed E-state index contributed by atoms with van der Waals surface area (Å²) in [4.78, 5) is 24.6. The summed E-state index contributed by atoms with van der Waals surface area (Å²) in [6.45, 7) is 5.70. The highest BCUT2D eigenvalue weighted by Crippen LogP contribution is 2.39. The predicted molar refractivity (Wildman–Crippen MR) is 122 cm³/mol. The van der Waals surface area contributed by atoms with Crippen molar-refractivity contribution in [3.8, 4) is 0 Å². The molecule has 4 rings (SSSR count). The zero-order valence-corrected chi connectivity index (χ0v) is 17.8. The average molecular weight is 403 g/mol. The molecule has 1 aliphatic carbocycles. The van der Waals surface area contributed by atoms with Gasteiger partial charge in [-0.15, -0.1) is 0 Å². The largest absolute Gasteiger partial charge is 0.355 e. The van der Waals surface area contributed by atoms with Crippen LogP contribution in [-0.4, -0.2) is 29.0 Å². The van der Waals surface area contributed by atoms with Gasteiger partial charge in [0.2, 0.25) is 5.91 Å². The van der Waals surface area contributed by atoms with E-state index >= 15 is 0 Å². The molecule has 0 radical (unpaired) electrons. The highest BCUT2D eigenvalue weighted by Gasteiger charge is 2.28. The standard InChI is InChI=1S/C25H30N4O/c1-3-16-29(17-15-23(30)26-18(2)19-9-5-4-6-10-19)25-21-11-7-8-12-22(21)27-24(28-25)20-13-14-20/h4-12,18,20H,3,13-17H2,1-2H3,(H,26,30)/t18-/m1/s1. The second kappa shape index (κ2) is 9.24. The Hall–Kier alpha value is -2.95. The lowest BCUT2D eigenvalue weighted by atomic mass is 10.1. The van der Waals surface area contributed by atoms with Gasteiger partial charge in [-0.25, -0.2) is 9.97 Å². The summed E-state index contributed by atoms with van der Waals surface area (Å²) in [6, 6.07) is 18.3. The Labute approximate surface area is 178 Å². The van der Waals surface area contributed by atoms with Gasteiger partial charge in [0, 0.05) is 30.8 Å². The van der Waals surface area contributed by atoms with Gasteiger partial charge in [0.1, 0.15) is 11.6 Å². The highest BCUT2D eigenvalue weighted by molar-refractivity contribution is 5.90. The van der Waals surface area contributed by atoms with E-state index in [1.165, 1.54) is 12.8 Å². The van der Waals surface area contributed by atoms with Gasteiger partial charge in [-0.3, -0.25) is 4.79 Å². The maximum Gasteiger partial charge on any atom is 0.222 e. The molecule has 2 aromatic carbocycles. The molecule has 0 bridgehead atoms. The smallest absolute Gasteiger partial charge is 0.222 e. The number of carbonyl (C=O) groups excluding carboxylic acids is 1. The molecule has 1 fully saturated rings. The van der Waals surface area contributed by atoms with Crippen LogP contribution in [0.1, 0.15) is 62.9 Å². The minimum absolute atomic E-state index is 0.000301. The first-order valence-corrected chi connectivity index (χ1v) is 11.0. The monoisotopic (exact) mass is 402 g/mol. The first-order chi connectivity index (χ1) is 14.7. The second-order valence-corrected chi connectivity index (χ2v) is 8.13. The molecular weight excluding hydrogens is 372 g/mol. The third-order valence-corrected chi connectivity index (χ3v) is 5.62. The Kier molecular flexibility index (Phi) is 6.26. The fourth-order valence-corrected chi connectivity index (χ4v) is 3.81. The number of nitrogens with zero attached hydrogens (tertiary/aromatic N) is 3. The van der Waals surface area contributed by atoms with Gasteiger partial charge in [0.05, 0.1) is 11.6 Å². The molecule has 0 aliphatic heterocycles. The molecule has 1 N–H and O–H groups in total. The van der Waals surface area contributed by atoms with Crippen molar-refractivity contribution in [1.29, 1.82) is 0 Å². The third kappa shape index (κ3) is 4.78. The van der Waals surface area contributed by atoms with Crippen molar-refractivity contribution < 1.29 is 4.79 Å². The summed E-state index contributed by atoms with van der Waals surface area (Å²) >= 11 is 0. The number of carbonyl (C=O) groups is 1. The van der Waals surface area contributed by atoms with Crippen LogP contribution in [0.4, 0.5) is 5.82 Å². The molecule has 5 heteroatoms. The minimum atomic E-state index is -0.000301. The number of aromatic nitrogens is 2. The Balaban J connectivity index is 1.49. The van der Waals surface area contributed by atoms with Crippen LogP contribution in [0.25, 0.3) is 10.9 Å². The number of rotatable bonds is 9. The molecule has 156 valence electrons. The molecule has 30 heavy (non-hydrogen) atoms. The van der Waals surface area contributed by atoms with Gasteiger partial charge in [0.25, 0.3) is 0 Å². The van der Waals surface area contributed by atoms with Gasteiger partial charge in [0.15, 0.2) is 0 Å². The molecule has 0 saturated heterocycles. The van der Waals surface area contributed by atoms with Crippen LogP contribution in [0.15, 0.2) is 54.6 Å². The molecule has 3 aromatic rings. The van der Waals surface area contributed by atoms with Crippen molar-refractivity contribution in [1.82, 2.24) is 15.3 Å². The first-order valence-electron chi connectivity index (χ1n) is 11.0. The Morgan fingerprint density at radius 2 is 1.80 bits per heavy atom. The molecule has 1 saturated carbocycles. The van der Waals surface area contributed by atoms with Crippen molar-refractivity contribution in [2.75, 3.05) is 18.0 Å². The number of fused-ring (bicyclic) bond motifs is 1. The molecule has 1 atom stereocenters. The molecule has 1 heterocycles. The number of hydrogen-bond acceptors (Lipinski definition) is 4. The number of benzene rings is 2. The van der Waals surface area contributed by atoms with Crippen molar-refractivity contribution in [3.63, 3.8) is 0 Å². The van der Waals surface area contributed by atoms with E-state index in [-0.39, 0.29) is 11.9 Å². The van der Waals surface area contributed by atoms with Gasteiger partial charge < -0.3 is 10.2 Å². The minimum Gasteiger partial charge on any atom is -0.355 e. The average Bonchev–Trinajstić information content (AvgIpc) is 3.62. The van der Waals surface area contributed by atoms with Crippen LogP contribution in [0.3, 0.4) is 0 Å². The van der Waals surface area contributed by atoms with E-state index < -0.39 is 0 Å². The van der Waals surface area contributed by atoms with E-state index in [0.29, 0.717) is 18.9 Å². The summed E-state index contributed by atoms with van der Waals surface area (Å²) in [5.41, 5.74) is 2.11. The SMILES string of the molecule is CCCN(CCC(=O)N[C@H](C)c1ccccc1)c1nc(C2CC2)nc2ccccc12. The van der Waals surface area contributed by atoms with Gasteiger partial charge in [-0.05, 0) is 43.9 Å². The summed E-state index contributed by atoms with van der Waals surface area (Å²) in [5.74, 6) is 2.47. The van der Waals surface area contributed by atoms with Crippen molar-refractivity contribution >= 4 is 22.6 Å². The van der Waals surface area contributed by atoms with Crippen molar-refractivity contribution in [2.45, 2.75) is 51.5 Å². The number of hydrogen-bond donors (Lipinski definition) is 1. The van der Waals surface area contributed by atoms with Gasteiger partial charge >= 0.3 is 0 Å². The maximum atomic E-state index is 12.6. The second-order valence-electron chi connectivity index (χ2n) is 8.13. The van der Waals surface area contributed by atoms with E-state index in [0.717, 1.165) is 41.1 Å². The fraction of sp³-hybridized carbons (Fsp3) is 0.400. The Morgan fingerprint density at radius 1 is 1.07 bits per heavy atom. The number of amides is 1. The number of para-hydroxylation sites is 1. The number of nitrogens with one attached hydrogen (secondary N) is 1. The van der Waals surface area contributed by atoms with E-state index in [1.807, 2.05) is 49.4 Å². The fourth-order valence-electron chi connectivity index (χ4n) is 3.81. The molecular formula is C25H30N4O. The van der Waals surface area contributed by atoms with Crippen LogP contribution in [0, 0.1) is 0 Å². The lowest BCUT2D eigenvalue weighted by Gasteiger charge is -2.25. The molecule has 0 unspecified atom stereocenters. The normalized spacial score (nSPS) is 14.5. The molecule has 1 aromatic heterocycles. The Bertz CT molecular complexity index is 1000. The Morgan fingerprint density at radius 3 is 2.53 bits per heavy atom. The topological polar surface area (TPSA) is 58.1 Å². The molecule has 0 spiro atoms. The summed E-state index contributed by atoms with van der Waals surface area (Å²) in [5, 5.41) is 4.19. The molecule has 1 amide bonds. The van der Waals surface area contributed by atoms with Crippen molar-refractivity contribution in [3.05, 3.63) is 66.0 Å². The summed E-state index contributed by atoms with van der Waals surface area (Å²) < 4.78 is 0. The van der Waals surface area contributed by atoms with Crippen LogP contribution in [-0.2, 0) is 4.79 Å². The molecule has 1 aliphatic rings. The lowest BCUT2D eigenvalue weighted by Crippen LogP contribution is -2.33. The van der Waals surface area contributed by atoms with Crippen LogP contribution in [0.2, 0.25) is 0 Å². The van der Waals surface area contributed by atoms with E-state index in [9.17, 15) is 4.79 Å². The van der Waals surface area contributed by atoms with Crippen LogP contribution in [0.5, 0.6) is 0 Å².